The van der Waals surface area contributed by atoms with Crippen LogP contribution in [0.4, 0.5) is 4.39 Å². The molecule has 0 aliphatic heterocycles. The first-order valence-corrected chi connectivity index (χ1v) is 3.95. The standard InChI is InChI=1S/C11H7FN.Ir/c12-10-6-7-13-11(8-10)9-4-2-1-3-5-9;/h1-4,6-8H;/q-1;. The number of halogens is 1. The molecule has 3 heteroatoms. The van der Waals surface area contributed by atoms with E-state index >= 15 is 0 Å². The summed E-state index contributed by atoms with van der Waals surface area (Å²) in [5.41, 5.74) is 1.42. The van der Waals surface area contributed by atoms with Crippen LogP contribution in [0, 0.1) is 11.9 Å². The zero-order valence-electron chi connectivity index (χ0n) is 7.20. The minimum absolute atomic E-state index is 0. The Bertz CT molecular complexity index is 403. The Morgan fingerprint density at radius 3 is 2.71 bits per heavy atom. The van der Waals surface area contributed by atoms with Crippen molar-refractivity contribution in [3.05, 3.63) is 54.5 Å². The second-order valence-electron chi connectivity index (χ2n) is 2.64. The summed E-state index contributed by atoms with van der Waals surface area (Å²) >= 11 is 0. The molecule has 2 rings (SSSR count). The molecule has 14 heavy (non-hydrogen) atoms. The van der Waals surface area contributed by atoms with Crippen molar-refractivity contribution in [1.82, 2.24) is 4.98 Å². The zero-order chi connectivity index (χ0) is 9.10. The van der Waals surface area contributed by atoms with E-state index in [1.54, 1.807) is 6.07 Å². The van der Waals surface area contributed by atoms with Gasteiger partial charge in [0.2, 0.25) is 0 Å². The largest absolute Gasteiger partial charge is 0.305 e. The van der Waals surface area contributed by atoms with Crippen LogP contribution >= 0.6 is 0 Å². The first-order chi connectivity index (χ1) is 6.36. The van der Waals surface area contributed by atoms with Gasteiger partial charge in [-0.3, -0.25) is 0 Å². The molecule has 0 aliphatic carbocycles. The Balaban J connectivity index is 0.000000980. The second kappa shape index (κ2) is 4.99. The molecule has 0 bridgehead atoms. The number of hydrogen-bond acceptors (Lipinski definition) is 1. The van der Waals surface area contributed by atoms with E-state index in [0.29, 0.717) is 5.69 Å². The van der Waals surface area contributed by atoms with Gasteiger partial charge in [-0.25, -0.2) is 4.39 Å². The van der Waals surface area contributed by atoms with Crippen LogP contribution in [0.1, 0.15) is 0 Å². The number of aromatic nitrogens is 1. The number of pyridine rings is 1. The molecule has 0 aliphatic rings. The maximum absolute atomic E-state index is 12.8. The van der Waals surface area contributed by atoms with Crippen molar-refractivity contribution in [2.75, 3.05) is 0 Å². The summed E-state index contributed by atoms with van der Waals surface area (Å²) in [5, 5.41) is 0. The Morgan fingerprint density at radius 1 is 1.21 bits per heavy atom. The summed E-state index contributed by atoms with van der Waals surface area (Å²) in [6.45, 7) is 0. The summed E-state index contributed by atoms with van der Waals surface area (Å²) in [5.74, 6) is -0.276. The summed E-state index contributed by atoms with van der Waals surface area (Å²) < 4.78 is 12.8. The van der Waals surface area contributed by atoms with E-state index in [1.165, 1.54) is 18.3 Å². The minimum atomic E-state index is -0.276. The van der Waals surface area contributed by atoms with Crippen LogP contribution in [0.25, 0.3) is 11.3 Å². The van der Waals surface area contributed by atoms with Crippen LogP contribution in [0.5, 0.6) is 0 Å². The van der Waals surface area contributed by atoms with Gasteiger partial charge >= 0.3 is 0 Å². The van der Waals surface area contributed by atoms with Crippen molar-refractivity contribution < 1.29 is 24.5 Å². The van der Waals surface area contributed by atoms with E-state index in [9.17, 15) is 4.39 Å². The van der Waals surface area contributed by atoms with Crippen molar-refractivity contribution in [2.24, 2.45) is 0 Å². The van der Waals surface area contributed by atoms with Crippen LogP contribution in [0.2, 0.25) is 0 Å². The number of benzene rings is 1. The van der Waals surface area contributed by atoms with Crippen LogP contribution in [0.15, 0.2) is 42.6 Å². The van der Waals surface area contributed by atoms with E-state index in [0.717, 1.165) is 5.56 Å². The van der Waals surface area contributed by atoms with Gasteiger partial charge in [0.05, 0.1) is 0 Å². The topological polar surface area (TPSA) is 12.9 Å². The molecule has 2 aromatic rings. The van der Waals surface area contributed by atoms with Crippen molar-refractivity contribution in [3.8, 4) is 11.3 Å². The molecule has 1 radical (unpaired) electrons. The molecule has 1 aromatic heterocycles. The molecule has 0 spiro atoms. The minimum Gasteiger partial charge on any atom is -0.305 e. The van der Waals surface area contributed by atoms with E-state index in [1.807, 2.05) is 18.2 Å². The molecular weight excluding hydrogens is 357 g/mol. The fraction of sp³-hybridized carbons (Fsp3) is 0. The molecule has 0 N–H and O–H groups in total. The Kier molecular flexibility index (Phi) is 3.93. The van der Waals surface area contributed by atoms with Crippen molar-refractivity contribution in [1.29, 1.82) is 0 Å². The number of rotatable bonds is 1. The maximum atomic E-state index is 12.8. The van der Waals surface area contributed by atoms with Gasteiger partial charge in [0.1, 0.15) is 5.82 Å². The Hall–Kier alpha value is -1.05. The SMILES string of the molecule is Fc1ccnc(-c2[c-]cccc2)c1.[Ir]. The molecule has 0 saturated heterocycles. The normalized spacial score (nSPS) is 9.21. The predicted octanol–water partition coefficient (Wildman–Crippen LogP) is 2.69. The molecule has 0 fully saturated rings. The second-order valence-corrected chi connectivity index (χ2v) is 2.64. The molecule has 73 valence electrons. The van der Waals surface area contributed by atoms with Gasteiger partial charge in [-0.05, 0) is 17.8 Å². The molecule has 1 nitrogen and oxygen atoms in total. The number of hydrogen-bond donors (Lipinski definition) is 0. The summed E-state index contributed by atoms with van der Waals surface area (Å²) in [6.07, 6.45) is 1.45. The fourth-order valence-corrected chi connectivity index (χ4v) is 1.10. The first-order valence-electron chi connectivity index (χ1n) is 3.95. The van der Waals surface area contributed by atoms with Crippen LogP contribution < -0.4 is 0 Å². The van der Waals surface area contributed by atoms with Gasteiger partial charge in [-0.2, -0.15) is 0 Å². The fourth-order valence-electron chi connectivity index (χ4n) is 1.10. The molecule has 0 unspecified atom stereocenters. The van der Waals surface area contributed by atoms with E-state index in [-0.39, 0.29) is 25.9 Å². The Morgan fingerprint density at radius 2 is 2.07 bits per heavy atom. The Labute approximate surface area is 95.4 Å². The third-order valence-corrected chi connectivity index (χ3v) is 1.71. The zero-order valence-corrected chi connectivity index (χ0v) is 9.60. The van der Waals surface area contributed by atoms with Crippen LogP contribution in [-0.4, -0.2) is 4.98 Å². The quantitative estimate of drug-likeness (QED) is 0.709. The van der Waals surface area contributed by atoms with E-state index in [4.69, 9.17) is 0 Å². The average molecular weight is 364 g/mol. The van der Waals surface area contributed by atoms with Gasteiger partial charge in [-0.15, -0.1) is 35.9 Å². The molecule has 0 saturated carbocycles. The molecular formula is C11H7FIrN-. The van der Waals surface area contributed by atoms with Gasteiger partial charge in [0.25, 0.3) is 0 Å². The summed E-state index contributed by atoms with van der Waals surface area (Å²) in [6, 6.07) is 13.1. The van der Waals surface area contributed by atoms with Gasteiger partial charge < -0.3 is 4.98 Å². The summed E-state index contributed by atoms with van der Waals surface area (Å²) in [7, 11) is 0. The molecule has 1 aromatic carbocycles. The average Bonchev–Trinajstić information content (AvgIpc) is 2.19. The smallest absolute Gasteiger partial charge is 0.117 e. The molecule has 0 amide bonds. The monoisotopic (exact) mass is 365 g/mol. The van der Waals surface area contributed by atoms with Crippen molar-refractivity contribution in [2.45, 2.75) is 0 Å². The molecule has 1 heterocycles. The van der Waals surface area contributed by atoms with E-state index in [2.05, 4.69) is 11.1 Å². The summed E-state index contributed by atoms with van der Waals surface area (Å²) in [4.78, 5) is 4.04. The van der Waals surface area contributed by atoms with Gasteiger partial charge in [0, 0.05) is 26.3 Å². The van der Waals surface area contributed by atoms with E-state index < -0.39 is 0 Å². The number of nitrogens with zero attached hydrogens (tertiary/aromatic N) is 1. The van der Waals surface area contributed by atoms with Gasteiger partial charge in [0.15, 0.2) is 0 Å². The third-order valence-electron chi connectivity index (χ3n) is 1.71. The van der Waals surface area contributed by atoms with Crippen molar-refractivity contribution >= 4 is 0 Å². The van der Waals surface area contributed by atoms with Gasteiger partial charge in [-0.1, -0.05) is 0 Å². The van der Waals surface area contributed by atoms with Crippen LogP contribution in [-0.2, 0) is 20.1 Å². The predicted molar refractivity (Wildman–Crippen MR) is 48.5 cm³/mol. The first kappa shape index (κ1) is 11.0. The van der Waals surface area contributed by atoms with Crippen LogP contribution in [0.3, 0.4) is 0 Å². The maximum Gasteiger partial charge on any atom is 0.117 e. The van der Waals surface area contributed by atoms with Crippen molar-refractivity contribution in [3.63, 3.8) is 0 Å². The molecule has 0 atom stereocenters. The third kappa shape index (κ3) is 2.47.